The fourth-order valence-corrected chi connectivity index (χ4v) is 5.53. The Bertz CT molecular complexity index is 1410. The van der Waals surface area contributed by atoms with Crippen molar-refractivity contribution in [2.75, 3.05) is 0 Å². The number of unbranched alkanes of at least 4 members (excludes halogenated alkanes) is 4. The van der Waals surface area contributed by atoms with Crippen molar-refractivity contribution in [2.45, 2.75) is 105 Å². The third-order valence-electron chi connectivity index (χ3n) is 7.92. The van der Waals surface area contributed by atoms with Crippen LogP contribution < -0.4 is 21.7 Å². The van der Waals surface area contributed by atoms with E-state index in [9.17, 15) is 0 Å². The second kappa shape index (κ2) is 13.3. The van der Waals surface area contributed by atoms with E-state index >= 15 is 0 Å². The first-order chi connectivity index (χ1) is 19.7. The van der Waals surface area contributed by atoms with Gasteiger partial charge in [0.05, 0.1) is 0 Å². The molecule has 4 aromatic rings. The molecule has 5 heterocycles. The van der Waals surface area contributed by atoms with E-state index in [1.165, 1.54) is 0 Å². The van der Waals surface area contributed by atoms with Gasteiger partial charge in [0.2, 0.25) is 0 Å². The molecule has 5 rings (SSSR count). The van der Waals surface area contributed by atoms with E-state index in [4.69, 9.17) is 17.7 Å². The molecule has 212 valence electrons. The Hall–Kier alpha value is -3.40. The molecular weight excluding hydrogens is 496 g/mol. The van der Waals surface area contributed by atoms with Crippen molar-refractivity contribution >= 4 is 22.3 Å². The van der Waals surface area contributed by atoms with Gasteiger partial charge in [-0.25, -0.2) is 0 Å². The summed E-state index contributed by atoms with van der Waals surface area (Å²) in [5.41, 5.74) is 7.98. The first-order valence-corrected chi connectivity index (χ1v) is 15.5. The maximum atomic E-state index is 6.62. The summed E-state index contributed by atoms with van der Waals surface area (Å²) >= 11 is 0. The Morgan fingerprint density at radius 3 is 0.825 bits per heavy atom. The smallest absolute Gasteiger partial charge is 0.134 e. The second-order valence-electron chi connectivity index (χ2n) is 11.0. The van der Waals surface area contributed by atoms with Gasteiger partial charge in [0.25, 0.3) is 0 Å². The van der Waals surface area contributed by atoms with E-state index in [-0.39, 0.29) is 0 Å². The fourth-order valence-electron chi connectivity index (χ4n) is 5.53. The van der Waals surface area contributed by atoms with Gasteiger partial charge in [-0.1, -0.05) is 53.4 Å². The third-order valence-corrected chi connectivity index (χ3v) is 7.92. The van der Waals surface area contributed by atoms with Crippen molar-refractivity contribution in [2.24, 2.45) is 0 Å². The Kier molecular flexibility index (Phi) is 9.36. The van der Waals surface area contributed by atoms with Crippen LogP contribution in [-0.2, 0) is 0 Å². The van der Waals surface area contributed by atoms with Crippen molar-refractivity contribution in [3.8, 4) is 0 Å². The molecule has 4 nitrogen and oxygen atoms in total. The molecule has 1 aliphatic heterocycles. The summed E-state index contributed by atoms with van der Waals surface area (Å²) in [5.74, 6) is 3.51. The Morgan fingerprint density at radius 2 is 0.600 bits per heavy atom. The number of rotatable bonds is 12. The molecule has 0 aromatic carbocycles. The first-order valence-electron chi connectivity index (χ1n) is 15.5. The maximum absolute atomic E-state index is 6.62. The highest BCUT2D eigenvalue weighted by Crippen LogP contribution is 2.28. The summed E-state index contributed by atoms with van der Waals surface area (Å²) in [6.07, 6.45) is 12.3. The molecule has 0 saturated carbocycles. The predicted molar refractivity (Wildman–Crippen MR) is 161 cm³/mol. The number of hydrogen-bond acceptors (Lipinski definition) is 4. The molecule has 1 aliphatic rings. The highest BCUT2D eigenvalue weighted by Gasteiger charge is 2.18. The lowest BCUT2D eigenvalue weighted by Crippen LogP contribution is -2.10. The van der Waals surface area contributed by atoms with E-state index in [0.29, 0.717) is 0 Å². The molecule has 0 amide bonds. The zero-order valence-electron chi connectivity index (χ0n) is 24.7. The van der Waals surface area contributed by atoms with Gasteiger partial charge in [-0.2, -0.15) is 0 Å². The molecule has 0 fully saturated rings. The van der Waals surface area contributed by atoms with Gasteiger partial charge in [0.15, 0.2) is 0 Å². The van der Waals surface area contributed by atoms with Crippen LogP contribution in [-0.4, -0.2) is 0 Å². The van der Waals surface area contributed by atoms with E-state index < -0.39 is 0 Å². The largest absolute Gasteiger partial charge is 0.457 e. The average molecular weight is 541 g/mol. The van der Waals surface area contributed by atoms with Gasteiger partial charge in [-0.15, -0.1) is 0 Å². The number of furan rings is 4. The summed E-state index contributed by atoms with van der Waals surface area (Å²) in [6, 6.07) is 16.9. The molecule has 0 N–H and O–H groups in total. The zero-order valence-corrected chi connectivity index (χ0v) is 24.7. The minimum absolute atomic E-state index is 0.878. The summed E-state index contributed by atoms with van der Waals surface area (Å²) in [4.78, 5) is 0. The summed E-state index contributed by atoms with van der Waals surface area (Å²) in [6.45, 7) is 8.89. The summed E-state index contributed by atoms with van der Waals surface area (Å²) in [5, 5.41) is 0. The van der Waals surface area contributed by atoms with Crippen molar-refractivity contribution in [1.29, 1.82) is 0 Å². The lowest BCUT2D eigenvalue weighted by Gasteiger charge is -2.06. The normalized spacial score (nSPS) is 13.5. The minimum atomic E-state index is 0.878. The topological polar surface area (TPSA) is 52.6 Å². The predicted octanol–water partition coefficient (Wildman–Crippen LogP) is 7.93. The van der Waals surface area contributed by atoms with E-state index in [2.05, 4.69) is 76.2 Å². The third kappa shape index (κ3) is 6.01. The average Bonchev–Trinajstić information content (AvgIpc) is 3.78. The Morgan fingerprint density at radius 1 is 0.350 bits per heavy atom. The van der Waals surface area contributed by atoms with Crippen molar-refractivity contribution in [3.05, 3.63) is 93.2 Å². The summed E-state index contributed by atoms with van der Waals surface area (Å²) < 4.78 is 26.5. The fraction of sp³-hybridized carbons (Fsp3) is 0.444. The van der Waals surface area contributed by atoms with Crippen molar-refractivity contribution in [3.63, 3.8) is 0 Å². The van der Waals surface area contributed by atoms with Crippen LogP contribution >= 0.6 is 0 Å². The quantitative estimate of drug-likeness (QED) is 0.183. The zero-order chi connectivity index (χ0) is 27.9. The highest BCUT2D eigenvalue weighted by molar-refractivity contribution is 5.68. The Balaban J connectivity index is 1.83. The number of hydrogen-bond donors (Lipinski definition) is 0. The molecule has 0 saturated heterocycles. The van der Waals surface area contributed by atoms with Gasteiger partial charge < -0.3 is 17.7 Å². The molecule has 0 spiro atoms. The number of fused-ring (bicyclic) bond motifs is 8. The highest BCUT2D eigenvalue weighted by atomic mass is 16.4. The van der Waals surface area contributed by atoms with Gasteiger partial charge in [0, 0.05) is 22.3 Å². The molecule has 8 bridgehead atoms. The Labute approximate surface area is 237 Å². The molecule has 4 aromatic heterocycles. The van der Waals surface area contributed by atoms with Crippen LogP contribution in [0.25, 0.3) is 22.3 Å². The second-order valence-corrected chi connectivity index (χ2v) is 11.0. The van der Waals surface area contributed by atoms with Gasteiger partial charge in [0.1, 0.15) is 44.7 Å². The lowest BCUT2D eigenvalue weighted by molar-refractivity contribution is 0.469. The van der Waals surface area contributed by atoms with Crippen molar-refractivity contribution < 1.29 is 17.7 Å². The van der Waals surface area contributed by atoms with E-state index in [0.717, 1.165) is 144 Å². The minimum Gasteiger partial charge on any atom is -0.457 e. The van der Waals surface area contributed by atoms with E-state index in [1.54, 1.807) is 0 Å². The summed E-state index contributed by atoms with van der Waals surface area (Å²) in [7, 11) is 0. The first kappa shape index (κ1) is 28.1. The SMILES string of the molecule is CCCCC1=c2ccc(o2)=C(CCCC)c2ccc(o2)C(CCCC)=c2ccc(o2)=C(CCCC)c2ccc1o2. The van der Waals surface area contributed by atoms with Crippen LogP contribution in [0.4, 0.5) is 0 Å². The molecule has 4 heteroatoms. The van der Waals surface area contributed by atoms with Crippen LogP contribution in [0.5, 0.6) is 0 Å². The monoisotopic (exact) mass is 540 g/mol. The van der Waals surface area contributed by atoms with Crippen LogP contribution in [0.15, 0.2) is 66.2 Å². The standard InChI is InChI=1S/C36H44O4/c1-5-9-13-25-29-17-19-31(37-29)26(14-10-6-2)33-21-23-35(39-33)28(16-12-8-4)36-24-22-34(40-36)27(15-11-7-3)32-20-18-30(25)38-32/h17-24H,5-16H2,1-4H3. The van der Waals surface area contributed by atoms with Crippen molar-refractivity contribution in [1.82, 2.24) is 0 Å². The maximum Gasteiger partial charge on any atom is 0.134 e. The van der Waals surface area contributed by atoms with Crippen LogP contribution in [0.3, 0.4) is 0 Å². The van der Waals surface area contributed by atoms with Crippen LogP contribution in [0, 0.1) is 0 Å². The molecule has 40 heavy (non-hydrogen) atoms. The van der Waals surface area contributed by atoms with Gasteiger partial charge >= 0.3 is 0 Å². The van der Waals surface area contributed by atoms with Crippen LogP contribution in [0.2, 0.25) is 0 Å². The molecular formula is C36H44O4. The molecule has 0 radical (unpaired) electrons. The molecule has 0 aliphatic carbocycles. The van der Waals surface area contributed by atoms with E-state index in [1.807, 2.05) is 0 Å². The molecule has 0 unspecified atom stereocenters. The van der Waals surface area contributed by atoms with Gasteiger partial charge in [-0.05, 0) is 99.9 Å². The lowest BCUT2D eigenvalue weighted by atomic mass is 10.1. The molecule has 0 atom stereocenters. The van der Waals surface area contributed by atoms with Crippen LogP contribution in [0.1, 0.15) is 128 Å². The van der Waals surface area contributed by atoms with Gasteiger partial charge in [-0.3, -0.25) is 0 Å².